The number of thiazole rings is 1. The third-order valence-corrected chi connectivity index (χ3v) is 8.98. The van der Waals surface area contributed by atoms with Crippen molar-refractivity contribution < 1.29 is 22.0 Å². The van der Waals surface area contributed by atoms with Crippen LogP contribution in [-0.4, -0.2) is 64.4 Å². The molecule has 0 aliphatic heterocycles. The highest BCUT2D eigenvalue weighted by Crippen LogP contribution is 2.41. The molecule has 3 N–H and O–H groups in total. The number of aryl methyl sites for hydroxylation is 1. The summed E-state index contributed by atoms with van der Waals surface area (Å²) in [5, 5.41) is 5.56. The molecule has 2 aromatic carbocycles. The summed E-state index contributed by atoms with van der Waals surface area (Å²) in [5.74, 6) is -2.16. The average Bonchev–Trinajstić information content (AvgIpc) is 3.54. The largest absolute Gasteiger partial charge is 0.370 e. The molecule has 0 radical (unpaired) electrons. The molecule has 47 heavy (non-hydrogen) atoms. The van der Waals surface area contributed by atoms with Gasteiger partial charge in [-0.15, -0.1) is 11.3 Å². The van der Waals surface area contributed by atoms with Crippen molar-refractivity contribution in [2.75, 3.05) is 30.0 Å². The number of nitrogens with two attached hydrogens (primary N) is 1. The van der Waals surface area contributed by atoms with Gasteiger partial charge < -0.3 is 10.6 Å². The van der Waals surface area contributed by atoms with E-state index in [1.54, 1.807) is 41.2 Å². The number of sulfonamides is 1. The van der Waals surface area contributed by atoms with Gasteiger partial charge in [0.1, 0.15) is 16.6 Å². The maximum atomic E-state index is 14.2. The first kappa shape index (κ1) is 31.9. The number of fused-ring (bicyclic) bond motifs is 2. The number of nitrogens with one attached hydrogen (secondary N) is 1. The Kier molecular flexibility index (Phi) is 8.31. The molecule has 4 heterocycles. The van der Waals surface area contributed by atoms with E-state index >= 15 is 0 Å². The van der Waals surface area contributed by atoms with E-state index < -0.39 is 33.5 Å². The molecule has 6 aromatic rings. The second kappa shape index (κ2) is 12.3. The number of rotatable bonds is 10. The number of aromatic nitrogens is 6. The van der Waals surface area contributed by atoms with Gasteiger partial charge in [-0.2, -0.15) is 5.10 Å². The van der Waals surface area contributed by atoms with Gasteiger partial charge in [-0.25, -0.2) is 37.1 Å². The second-order valence-corrected chi connectivity index (χ2v) is 14.1. The molecule has 0 saturated carbocycles. The van der Waals surface area contributed by atoms with Crippen LogP contribution in [0.2, 0.25) is 0 Å². The third kappa shape index (κ3) is 6.73. The lowest BCUT2D eigenvalue weighted by Gasteiger charge is -2.20. The van der Waals surface area contributed by atoms with Crippen LogP contribution in [0.1, 0.15) is 23.6 Å². The van der Waals surface area contributed by atoms with E-state index in [9.17, 15) is 22.0 Å². The Morgan fingerprint density at radius 1 is 1.06 bits per heavy atom. The molecule has 0 bridgehead atoms. The first-order chi connectivity index (χ1) is 22.3. The Bertz CT molecular complexity index is 2250. The van der Waals surface area contributed by atoms with E-state index in [0.717, 1.165) is 12.3 Å². The zero-order valence-corrected chi connectivity index (χ0v) is 27.3. The van der Waals surface area contributed by atoms with Crippen molar-refractivity contribution in [3.8, 4) is 21.7 Å². The molecule has 16 heteroatoms. The minimum Gasteiger partial charge on any atom is -0.370 e. The van der Waals surface area contributed by atoms with Crippen molar-refractivity contribution in [2.24, 2.45) is 12.8 Å². The monoisotopic (exact) mass is 677 g/mol. The van der Waals surface area contributed by atoms with Crippen molar-refractivity contribution in [3.05, 3.63) is 77.8 Å². The van der Waals surface area contributed by atoms with Crippen LogP contribution in [0.15, 0.2) is 54.9 Å². The number of para-hydroxylation sites is 1. The first-order valence-electron chi connectivity index (χ1n) is 14.2. The standard InChI is InChI=1S/C31H29F2N9O3S2/c1-41(2)31-35-14-18(15-36-31)30-38-29-24(46-30)13-23(21-6-5-7-22-27(21)42(3)39-28(22)40-47(4,44)45)26(37-29)17(11-25(34)43)8-16-9-19(32)12-20(33)10-16/h5-7,9-10,12-15,17H,8,11H2,1-4H3,(H2,34,43)(H,39,40)/t17-/m0/s1. The van der Waals surface area contributed by atoms with Gasteiger partial charge in [0.25, 0.3) is 0 Å². The summed E-state index contributed by atoms with van der Waals surface area (Å²) in [6.45, 7) is 0. The summed E-state index contributed by atoms with van der Waals surface area (Å²) in [4.78, 5) is 32.7. The van der Waals surface area contributed by atoms with Crippen LogP contribution in [0.25, 0.3) is 42.9 Å². The van der Waals surface area contributed by atoms with E-state index in [1.807, 2.05) is 26.2 Å². The minimum absolute atomic E-state index is 0.0439. The number of hydrogen-bond donors (Lipinski definition) is 2. The zero-order chi connectivity index (χ0) is 33.6. The molecule has 1 atom stereocenters. The Balaban J connectivity index is 1.59. The summed E-state index contributed by atoms with van der Waals surface area (Å²) in [5.41, 5.74) is 9.33. The minimum atomic E-state index is -3.64. The smallest absolute Gasteiger partial charge is 0.231 e. The van der Waals surface area contributed by atoms with Gasteiger partial charge in [0, 0.05) is 74.0 Å². The molecule has 6 rings (SSSR count). The predicted molar refractivity (Wildman–Crippen MR) is 178 cm³/mol. The van der Waals surface area contributed by atoms with E-state index in [-0.39, 0.29) is 18.7 Å². The van der Waals surface area contributed by atoms with Crippen LogP contribution in [0.5, 0.6) is 0 Å². The maximum absolute atomic E-state index is 14.2. The fourth-order valence-electron chi connectivity index (χ4n) is 5.52. The molecule has 0 unspecified atom stereocenters. The van der Waals surface area contributed by atoms with Gasteiger partial charge in [0.2, 0.25) is 21.9 Å². The molecule has 0 aliphatic carbocycles. The highest BCUT2D eigenvalue weighted by Gasteiger charge is 2.26. The fourth-order valence-corrected chi connectivity index (χ4v) is 6.94. The summed E-state index contributed by atoms with van der Waals surface area (Å²) < 4.78 is 57.4. The molecular formula is C31H29F2N9O3S2. The highest BCUT2D eigenvalue weighted by molar-refractivity contribution is 7.92. The molecule has 0 aliphatic rings. The number of anilines is 2. The average molecular weight is 678 g/mol. The maximum Gasteiger partial charge on any atom is 0.231 e. The Morgan fingerprint density at radius 3 is 2.40 bits per heavy atom. The Morgan fingerprint density at radius 2 is 1.77 bits per heavy atom. The normalized spacial score (nSPS) is 12.5. The van der Waals surface area contributed by atoms with Crippen molar-refractivity contribution >= 4 is 60.3 Å². The van der Waals surface area contributed by atoms with Gasteiger partial charge in [0.15, 0.2) is 11.5 Å². The number of halogens is 2. The van der Waals surface area contributed by atoms with Crippen molar-refractivity contribution in [3.63, 3.8) is 0 Å². The number of carbonyl (C=O) groups excluding carboxylic acids is 1. The summed E-state index contributed by atoms with van der Waals surface area (Å²) in [6, 6.07) is 10.4. The van der Waals surface area contributed by atoms with Gasteiger partial charge >= 0.3 is 0 Å². The van der Waals surface area contributed by atoms with Gasteiger partial charge in [-0.05, 0) is 36.2 Å². The molecule has 0 fully saturated rings. The van der Waals surface area contributed by atoms with Crippen molar-refractivity contribution in [1.82, 2.24) is 29.7 Å². The van der Waals surface area contributed by atoms with Crippen LogP contribution < -0.4 is 15.4 Å². The molecule has 4 aromatic heterocycles. The topological polar surface area (TPSA) is 162 Å². The fraction of sp³-hybridized carbons (Fsp3) is 0.226. The lowest BCUT2D eigenvalue weighted by molar-refractivity contribution is -0.118. The molecule has 242 valence electrons. The number of amides is 1. The number of carbonyl (C=O) groups is 1. The van der Waals surface area contributed by atoms with Crippen LogP contribution >= 0.6 is 11.3 Å². The van der Waals surface area contributed by atoms with E-state index in [4.69, 9.17) is 15.7 Å². The third-order valence-electron chi connectivity index (χ3n) is 7.37. The molecule has 0 spiro atoms. The van der Waals surface area contributed by atoms with Gasteiger partial charge in [-0.3, -0.25) is 14.2 Å². The lowest BCUT2D eigenvalue weighted by atomic mass is 9.87. The number of primary amides is 1. The van der Waals surface area contributed by atoms with Crippen LogP contribution in [0.3, 0.4) is 0 Å². The molecular weight excluding hydrogens is 649 g/mol. The predicted octanol–water partition coefficient (Wildman–Crippen LogP) is 4.62. The van der Waals surface area contributed by atoms with Gasteiger partial charge in [-0.1, -0.05) is 12.1 Å². The van der Waals surface area contributed by atoms with E-state index in [1.165, 1.54) is 23.5 Å². The molecule has 1 amide bonds. The Hall–Kier alpha value is -5.09. The van der Waals surface area contributed by atoms with Crippen LogP contribution in [0, 0.1) is 11.6 Å². The van der Waals surface area contributed by atoms with E-state index in [2.05, 4.69) is 19.8 Å². The van der Waals surface area contributed by atoms with E-state index in [0.29, 0.717) is 60.2 Å². The SMILES string of the molecule is CN(C)c1ncc(-c2nc3nc([C@H](CC(N)=O)Cc4cc(F)cc(F)c4)c(-c4cccc5c(NS(C)(=O)=O)nn(C)c45)cc3s2)cn1. The quantitative estimate of drug-likeness (QED) is 0.211. The zero-order valence-electron chi connectivity index (χ0n) is 25.7. The summed E-state index contributed by atoms with van der Waals surface area (Å²) in [6.07, 6.45) is 4.24. The molecule has 0 saturated heterocycles. The highest BCUT2D eigenvalue weighted by atomic mass is 32.2. The Labute approximate surface area is 272 Å². The number of pyridine rings is 1. The van der Waals surface area contributed by atoms with Crippen LogP contribution in [0.4, 0.5) is 20.5 Å². The van der Waals surface area contributed by atoms with Crippen LogP contribution in [-0.2, 0) is 28.3 Å². The first-order valence-corrected chi connectivity index (χ1v) is 16.9. The number of hydrogen-bond acceptors (Lipinski definition) is 10. The van der Waals surface area contributed by atoms with Crippen molar-refractivity contribution in [1.29, 1.82) is 0 Å². The van der Waals surface area contributed by atoms with Gasteiger partial charge in [0.05, 0.1) is 22.2 Å². The molecule has 12 nitrogen and oxygen atoms in total. The summed E-state index contributed by atoms with van der Waals surface area (Å²) >= 11 is 1.37. The second-order valence-electron chi connectivity index (χ2n) is 11.3. The van der Waals surface area contributed by atoms with Crippen molar-refractivity contribution in [2.45, 2.75) is 18.8 Å². The number of nitrogens with zero attached hydrogens (tertiary/aromatic N) is 7. The number of benzene rings is 2. The lowest BCUT2D eigenvalue weighted by Crippen LogP contribution is -2.18. The summed E-state index contributed by atoms with van der Waals surface area (Å²) in [7, 11) is 1.72.